The predicted molar refractivity (Wildman–Crippen MR) is 218 cm³/mol. The van der Waals surface area contributed by atoms with Crippen molar-refractivity contribution in [2.24, 2.45) is 5.41 Å². The summed E-state index contributed by atoms with van der Waals surface area (Å²) in [5.41, 5.74) is 4.91. The van der Waals surface area contributed by atoms with E-state index in [-0.39, 0.29) is 49.1 Å². The lowest BCUT2D eigenvalue weighted by atomic mass is 9.94. The zero-order valence-electron chi connectivity index (χ0n) is 30.7. The minimum atomic E-state index is -1.08. The zero-order chi connectivity index (χ0) is 36.2. The van der Waals surface area contributed by atoms with Crippen LogP contribution in [0.25, 0.3) is 0 Å². The number of anilines is 1. The van der Waals surface area contributed by atoms with Gasteiger partial charge in [-0.1, -0.05) is 105 Å². The highest BCUT2D eigenvalue weighted by Crippen LogP contribution is 2.41. The Morgan fingerprint density at radius 1 is 0.830 bits per heavy atom. The number of carbonyl (C=O) groups excluding carboxylic acids is 2. The van der Waals surface area contributed by atoms with Crippen LogP contribution in [-0.4, -0.2) is 44.1 Å². The van der Waals surface area contributed by atoms with E-state index >= 15 is 0 Å². The highest BCUT2D eigenvalue weighted by Gasteiger charge is 2.39. The van der Waals surface area contributed by atoms with Crippen LogP contribution in [0, 0.1) is 11.2 Å². The van der Waals surface area contributed by atoms with Crippen molar-refractivity contribution in [1.82, 2.24) is 16.0 Å². The van der Waals surface area contributed by atoms with Gasteiger partial charge in [0.2, 0.25) is 5.91 Å². The van der Waals surface area contributed by atoms with E-state index in [0.717, 1.165) is 55.6 Å². The van der Waals surface area contributed by atoms with Gasteiger partial charge in [0.25, 0.3) is 5.91 Å². The molecule has 0 saturated carbocycles. The number of rotatable bonds is 16. The fourth-order valence-electron chi connectivity index (χ4n) is 6.30. The van der Waals surface area contributed by atoms with Gasteiger partial charge in [0.05, 0.1) is 6.42 Å². The summed E-state index contributed by atoms with van der Waals surface area (Å²) in [4.78, 5) is 29.2. The Bertz CT molecular complexity index is 1760. The van der Waals surface area contributed by atoms with E-state index in [1.807, 2.05) is 30.3 Å². The van der Waals surface area contributed by atoms with E-state index in [9.17, 15) is 14.0 Å². The van der Waals surface area contributed by atoms with Crippen molar-refractivity contribution in [1.29, 1.82) is 0 Å². The molecule has 11 heteroatoms. The van der Waals surface area contributed by atoms with Crippen molar-refractivity contribution in [2.45, 2.75) is 71.8 Å². The number of aryl methyl sites for hydroxylation is 1. The molecule has 0 fully saturated rings. The summed E-state index contributed by atoms with van der Waals surface area (Å²) < 4.78 is 20.9. The summed E-state index contributed by atoms with van der Waals surface area (Å²) in [6.07, 6.45) is 1.25. The molecule has 1 aliphatic rings. The van der Waals surface area contributed by atoms with Crippen molar-refractivity contribution in [3.63, 3.8) is 0 Å². The zero-order valence-corrected chi connectivity index (χ0v) is 33.1. The molecule has 2 amide bonds. The van der Waals surface area contributed by atoms with Gasteiger partial charge in [-0.05, 0) is 85.3 Å². The maximum atomic E-state index is 14.2. The lowest BCUT2D eigenvalue weighted by Gasteiger charge is -2.31. The van der Waals surface area contributed by atoms with Crippen LogP contribution in [-0.2, 0) is 33.8 Å². The average Bonchev–Trinajstić information content (AvgIpc) is 3.21. The van der Waals surface area contributed by atoms with Gasteiger partial charge in [0.1, 0.15) is 18.0 Å². The minimum Gasteiger partial charge on any atom is -0.355 e. The standard InChI is InChI=1S/C42H50ClFN4O3.2ClH/c1-42(2,3)29-48-37-20-19-34(43)25-35(37)40(51-38(41(48)50)26-39(49)47-28-33-16-7-8-18-36(33)44)32-17-9-14-31(24-32)27-46-23-11-22-45-21-10-15-30-12-5-4-6-13-30;;/h4-9,12-14,16-20,24-25,38,40,45-46H,10-11,15,21-23,26-29H2,1-3H3,(H,47,49);2*1H. The third-order valence-corrected chi connectivity index (χ3v) is 9.03. The number of carbonyl (C=O) groups is 2. The third-order valence-electron chi connectivity index (χ3n) is 8.79. The van der Waals surface area contributed by atoms with Crippen LogP contribution in [0.1, 0.15) is 74.0 Å². The number of benzene rings is 4. The molecule has 7 nitrogen and oxygen atoms in total. The molecular formula is C42H52Cl3FN4O3. The van der Waals surface area contributed by atoms with Crippen LogP contribution in [0.15, 0.2) is 97.1 Å². The Hall–Kier alpha value is -3.50. The smallest absolute Gasteiger partial charge is 0.256 e. The lowest BCUT2D eigenvalue weighted by Crippen LogP contribution is -2.45. The summed E-state index contributed by atoms with van der Waals surface area (Å²) in [5.74, 6) is -1.11. The van der Waals surface area contributed by atoms with Crippen LogP contribution in [0.3, 0.4) is 0 Å². The van der Waals surface area contributed by atoms with Gasteiger partial charge in [-0.15, -0.1) is 24.8 Å². The summed E-state index contributed by atoms with van der Waals surface area (Å²) >= 11 is 6.56. The maximum absolute atomic E-state index is 14.2. The fourth-order valence-corrected chi connectivity index (χ4v) is 6.48. The number of halogens is 4. The second kappa shape index (κ2) is 21.4. The molecule has 2 unspecified atom stereocenters. The first-order chi connectivity index (χ1) is 24.6. The first kappa shape index (κ1) is 43.9. The lowest BCUT2D eigenvalue weighted by molar-refractivity contribution is -0.138. The van der Waals surface area contributed by atoms with E-state index in [1.54, 1.807) is 29.2 Å². The van der Waals surface area contributed by atoms with Gasteiger partial charge >= 0.3 is 0 Å². The second-order valence-electron chi connectivity index (χ2n) is 14.4. The monoisotopic (exact) mass is 784 g/mol. The van der Waals surface area contributed by atoms with Gasteiger partial charge in [-0.25, -0.2) is 4.39 Å². The number of hydrogen-bond donors (Lipinski definition) is 3. The maximum Gasteiger partial charge on any atom is 0.256 e. The van der Waals surface area contributed by atoms with Crippen molar-refractivity contribution in [2.75, 3.05) is 31.1 Å². The van der Waals surface area contributed by atoms with E-state index in [2.05, 4.69) is 73.1 Å². The molecule has 0 aromatic heterocycles. The molecule has 5 rings (SSSR count). The van der Waals surface area contributed by atoms with E-state index in [0.29, 0.717) is 29.4 Å². The molecule has 0 bridgehead atoms. The molecule has 1 aliphatic heterocycles. The molecule has 4 aromatic carbocycles. The van der Waals surface area contributed by atoms with Crippen LogP contribution in [0.5, 0.6) is 0 Å². The first-order valence-corrected chi connectivity index (χ1v) is 18.3. The van der Waals surface area contributed by atoms with Gasteiger partial charge in [-0.3, -0.25) is 9.59 Å². The van der Waals surface area contributed by atoms with E-state index < -0.39 is 23.9 Å². The van der Waals surface area contributed by atoms with Crippen LogP contribution in [0.4, 0.5) is 10.1 Å². The normalized spacial score (nSPS) is 15.5. The number of amides is 2. The van der Waals surface area contributed by atoms with E-state index in [1.165, 1.54) is 11.6 Å². The number of fused-ring (bicyclic) bond motifs is 1. The Morgan fingerprint density at radius 3 is 2.28 bits per heavy atom. The molecular weight excluding hydrogens is 734 g/mol. The molecule has 2 atom stereocenters. The molecule has 0 aliphatic carbocycles. The van der Waals surface area contributed by atoms with Crippen LogP contribution < -0.4 is 20.9 Å². The molecule has 0 radical (unpaired) electrons. The Labute approximate surface area is 331 Å². The highest BCUT2D eigenvalue weighted by atomic mass is 35.5. The number of ether oxygens (including phenoxy) is 1. The molecule has 53 heavy (non-hydrogen) atoms. The number of hydrogen-bond acceptors (Lipinski definition) is 5. The van der Waals surface area contributed by atoms with Crippen molar-refractivity contribution < 1.29 is 18.7 Å². The fraction of sp³-hybridized carbons (Fsp3) is 0.381. The molecule has 4 aromatic rings. The predicted octanol–water partition coefficient (Wildman–Crippen LogP) is 8.60. The molecule has 1 heterocycles. The van der Waals surface area contributed by atoms with Crippen LogP contribution in [0.2, 0.25) is 5.02 Å². The topological polar surface area (TPSA) is 82.7 Å². The van der Waals surface area contributed by atoms with Crippen molar-refractivity contribution >= 4 is 53.9 Å². The highest BCUT2D eigenvalue weighted by molar-refractivity contribution is 6.30. The Kier molecular flexibility index (Phi) is 17.7. The summed E-state index contributed by atoms with van der Waals surface area (Å²) in [7, 11) is 0. The van der Waals surface area contributed by atoms with Gasteiger partial charge in [0, 0.05) is 41.5 Å². The van der Waals surface area contributed by atoms with Crippen molar-refractivity contribution in [3.05, 3.63) is 136 Å². The molecule has 286 valence electrons. The largest absolute Gasteiger partial charge is 0.355 e. The Balaban J connectivity index is 0.00000378. The average molecular weight is 786 g/mol. The second-order valence-corrected chi connectivity index (χ2v) is 14.8. The van der Waals surface area contributed by atoms with Gasteiger partial charge in [-0.2, -0.15) is 0 Å². The minimum absolute atomic E-state index is 0. The van der Waals surface area contributed by atoms with Crippen LogP contribution >= 0.6 is 36.4 Å². The molecule has 0 saturated heterocycles. The first-order valence-electron chi connectivity index (χ1n) is 17.9. The summed E-state index contributed by atoms with van der Waals surface area (Å²) in [6.45, 7) is 10.1. The number of nitrogens with zero attached hydrogens (tertiary/aromatic N) is 1. The Morgan fingerprint density at radius 2 is 1.53 bits per heavy atom. The number of nitrogens with one attached hydrogen (secondary N) is 3. The summed E-state index contributed by atoms with van der Waals surface area (Å²) in [6, 6.07) is 30.5. The summed E-state index contributed by atoms with van der Waals surface area (Å²) in [5, 5.41) is 10.4. The third kappa shape index (κ3) is 13.4. The quantitative estimate of drug-likeness (QED) is 0.0993. The SMILES string of the molecule is CC(C)(C)CN1C(=O)C(CC(=O)NCc2ccccc2F)OC(c2cccc(CNCCCNCCCc3ccccc3)c2)c2cc(Cl)ccc21.Cl.Cl. The molecule has 3 N–H and O–H groups in total. The van der Waals surface area contributed by atoms with Gasteiger partial charge < -0.3 is 25.6 Å². The molecule has 0 spiro atoms. The van der Waals surface area contributed by atoms with Gasteiger partial charge in [0.15, 0.2) is 0 Å². The van der Waals surface area contributed by atoms with E-state index in [4.69, 9.17) is 16.3 Å². The van der Waals surface area contributed by atoms with Crippen molar-refractivity contribution in [3.8, 4) is 0 Å².